The van der Waals surface area contributed by atoms with Gasteiger partial charge in [0.05, 0.1) is 11.0 Å². The Hall–Kier alpha value is -1.71. The van der Waals surface area contributed by atoms with Crippen molar-refractivity contribution in [2.45, 2.75) is 32.3 Å². The number of carbonyl (C=O) groups excluding carboxylic acids is 1. The third-order valence-electron chi connectivity index (χ3n) is 1.92. The van der Waals surface area contributed by atoms with E-state index >= 15 is 0 Å². The molecule has 0 atom stereocenters. The molecule has 1 aliphatic heterocycles. The molecule has 0 aliphatic carbocycles. The standard InChI is InChI=1S/C14H20N2O2/c1-14(2,3)18-13(17)16-8-11(9-16)10-5-4-6-12(15)7-10/h4-7,11H,8-9,15H2,1-3H3/i4D,5D,6D,7D,8D2,9D2,11D. The molecule has 18 heavy (non-hydrogen) atoms. The van der Waals surface area contributed by atoms with Crippen LogP contribution in [0.15, 0.2) is 24.2 Å². The second kappa shape index (κ2) is 4.52. The lowest BCUT2D eigenvalue weighted by Gasteiger charge is -2.40. The van der Waals surface area contributed by atoms with Crippen LogP contribution in [0.5, 0.6) is 0 Å². The minimum atomic E-state index is -3.01. The largest absolute Gasteiger partial charge is 0.444 e. The summed E-state index contributed by atoms with van der Waals surface area (Å²) in [6.45, 7) is -1.49. The van der Waals surface area contributed by atoms with E-state index in [2.05, 4.69) is 0 Å². The molecule has 0 aromatic heterocycles. The first-order valence-electron chi connectivity index (χ1n) is 9.82. The Morgan fingerprint density at radius 2 is 2.28 bits per heavy atom. The molecule has 4 nitrogen and oxygen atoms in total. The SMILES string of the molecule is [2H]c1c([2H])c(N)c([2H])c(C2([2H])C([2H])([2H])N(C(=O)OC(C)(C)C)C2([2H])[2H])c1[2H]. The number of nitrogens with zero attached hydrogens (tertiary/aromatic N) is 1. The Balaban J connectivity index is 2.69. The van der Waals surface area contributed by atoms with Crippen molar-refractivity contribution in [2.75, 3.05) is 18.7 Å². The zero-order valence-electron chi connectivity index (χ0n) is 19.3. The van der Waals surface area contributed by atoms with Gasteiger partial charge in [-0.05, 0) is 38.4 Å². The molecule has 2 rings (SSSR count). The molecule has 1 fully saturated rings. The number of nitrogens with two attached hydrogens (primary N) is 1. The highest BCUT2D eigenvalue weighted by atomic mass is 16.6. The lowest BCUT2D eigenvalue weighted by molar-refractivity contribution is 0.00820. The first kappa shape index (κ1) is 5.51. The van der Waals surface area contributed by atoms with Crippen LogP contribution in [0.4, 0.5) is 10.5 Å². The molecule has 0 saturated carbocycles. The van der Waals surface area contributed by atoms with Crippen molar-refractivity contribution in [3.05, 3.63) is 29.7 Å². The second-order valence-electron chi connectivity index (χ2n) is 4.70. The van der Waals surface area contributed by atoms with Crippen LogP contribution in [0.25, 0.3) is 0 Å². The molecule has 1 aromatic carbocycles. The van der Waals surface area contributed by atoms with Gasteiger partial charge < -0.3 is 15.4 Å². The van der Waals surface area contributed by atoms with E-state index < -0.39 is 66.0 Å². The lowest BCUT2D eigenvalue weighted by Crippen LogP contribution is -2.50. The van der Waals surface area contributed by atoms with Gasteiger partial charge in [0.25, 0.3) is 0 Å². The van der Waals surface area contributed by atoms with Gasteiger partial charge in [-0.1, -0.05) is 12.1 Å². The molecule has 4 heteroatoms. The zero-order chi connectivity index (χ0) is 21.3. The highest BCUT2D eigenvalue weighted by molar-refractivity contribution is 5.69. The monoisotopic (exact) mass is 257 g/mol. The number of nitrogen functional groups attached to an aromatic ring is 1. The van der Waals surface area contributed by atoms with E-state index in [-0.39, 0.29) is 4.90 Å². The van der Waals surface area contributed by atoms with Gasteiger partial charge in [0.2, 0.25) is 0 Å². The van der Waals surface area contributed by atoms with Gasteiger partial charge in [-0.3, -0.25) is 0 Å². The van der Waals surface area contributed by atoms with Gasteiger partial charge >= 0.3 is 6.09 Å². The van der Waals surface area contributed by atoms with Crippen LogP contribution < -0.4 is 5.73 Å². The van der Waals surface area contributed by atoms with Crippen molar-refractivity contribution in [1.29, 1.82) is 0 Å². The molecule has 0 unspecified atom stereocenters. The van der Waals surface area contributed by atoms with E-state index in [4.69, 9.17) is 22.8 Å². The molecule has 0 radical (unpaired) electrons. The van der Waals surface area contributed by atoms with Crippen LogP contribution in [0.3, 0.4) is 0 Å². The molecule has 1 aliphatic rings. The van der Waals surface area contributed by atoms with Gasteiger partial charge in [0.15, 0.2) is 0 Å². The maximum atomic E-state index is 12.3. The lowest BCUT2D eigenvalue weighted by atomic mass is 9.91. The van der Waals surface area contributed by atoms with Gasteiger partial charge in [-0.2, -0.15) is 0 Å². The van der Waals surface area contributed by atoms with Crippen molar-refractivity contribution >= 4 is 11.8 Å². The first-order valence-corrected chi connectivity index (χ1v) is 5.32. The number of amides is 1. The number of carbonyl (C=O) groups is 1. The average molecular weight is 257 g/mol. The summed E-state index contributed by atoms with van der Waals surface area (Å²) in [5.41, 5.74) is 3.16. The highest BCUT2D eigenvalue weighted by Crippen LogP contribution is 2.29. The van der Waals surface area contributed by atoms with Gasteiger partial charge in [0, 0.05) is 25.9 Å². The number of benzene rings is 1. The third kappa shape index (κ3) is 2.94. The molecule has 0 bridgehead atoms. The maximum absolute atomic E-state index is 12.3. The predicted molar refractivity (Wildman–Crippen MR) is 71.4 cm³/mol. The normalized spacial score (nSPS) is 30.8. The zero-order valence-corrected chi connectivity index (χ0v) is 10.3. The highest BCUT2D eigenvalue weighted by Gasteiger charge is 2.34. The van der Waals surface area contributed by atoms with Crippen LogP contribution in [0.2, 0.25) is 0 Å². The van der Waals surface area contributed by atoms with Crippen molar-refractivity contribution < 1.29 is 21.9 Å². The summed E-state index contributed by atoms with van der Waals surface area (Å²) in [5.74, 6) is -2.93. The number of hydrogen-bond acceptors (Lipinski definition) is 3. The van der Waals surface area contributed by atoms with E-state index in [1.807, 2.05) is 0 Å². The Morgan fingerprint density at radius 3 is 2.89 bits per heavy atom. The van der Waals surface area contributed by atoms with Gasteiger partial charge in [-0.25, -0.2) is 4.79 Å². The number of anilines is 1. The Morgan fingerprint density at radius 1 is 1.61 bits per heavy atom. The van der Waals surface area contributed by atoms with Gasteiger partial charge in [0.1, 0.15) is 5.60 Å². The number of likely N-dealkylation sites (tertiary alicyclic amines) is 1. The molecule has 1 saturated heterocycles. The Kier molecular flexibility index (Phi) is 1.38. The first-order chi connectivity index (χ1) is 11.9. The summed E-state index contributed by atoms with van der Waals surface area (Å²) in [7, 11) is 0. The smallest absolute Gasteiger partial charge is 0.410 e. The Bertz CT molecular complexity index is 775. The molecular formula is C14H20N2O2. The fourth-order valence-corrected chi connectivity index (χ4v) is 1.22. The van der Waals surface area contributed by atoms with Crippen LogP contribution >= 0.6 is 0 Å². The fourth-order valence-electron chi connectivity index (χ4n) is 1.22. The van der Waals surface area contributed by atoms with Crippen LogP contribution in [0.1, 0.15) is 44.6 Å². The number of ether oxygens (including phenoxy) is 1. The summed E-state index contributed by atoms with van der Waals surface area (Å²) in [5, 5.41) is 0. The molecule has 1 aromatic rings. The van der Waals surface area contributed by atoms with Crippen molar-refractivity contribution in [1.82, 2.24) is 4.90 Å². The van der Waals surface area contributed by atoms with Crippen molar-refractivity contribution in [3.8, 4) is 0 Å². The van der Waals surface area contributed by atoms with E-state index in [1.165, 1.54) is 20.8 Å². The minimum Gasteiger partial charge on any atom is -0.444 e. The summed E-state index contributed by atoms with van der Waals surface area (Å²) in [4.78, 5) is 12.4. The maximum Gasteiger partial charge on any atom is 0.410 e. The van der Waals surface area contributed by atoms with Gasteiger partial charge in [-0.15, -0.1) is 0 Å². The summed E-state index contributed by atoms with van der Waals surface area (Å²) in [6, 6.07) is -3.03. The molecule has 2 N–H and O–H groups in total. The number of rotatable bonds is 1. The second-order valence-corrected chi connectivity index (χ2v) is 4.70. The molecule has 1 heterocycles. The van der Waals surface area contributed by atoms with E-state index in [0.717, 1.165) is 0 Å². The molecule has 98 valence electrons. The van der Waals surface area contributed by atoms with Crippen molar-refractivity contribution in [2.24, 2.45) is 0 Å². The van der Waals surface area contributed by atoms with E-state index in [0.29, 0.717) is 0 Å². The Labute approximate surface area is 120 Å². The molecule has 0 spiro atoms. The fraction of sp³-hybridized carbons (Fsp3) is 0.500. The predicted octanol–water partition coefficient (Wildman–Crippen LogP) is 2.60. The van der Waals surface area contributed by atoms with Crippen LogP contribution in [-0.4, -0.2) is 29.6 Å². The quantitative estimate of drug-likeness (QED) is 0.787. The number of hydrogen-bond donors (Lipinski definition) is 1. The van der Waals surface area contributed by atoms with Crippen molar-refractivity contribution in [3.63, 3.8) is 0 Å². The summed E-state index contributed by atoms with van der Waals surface area (Å²) >= 11 is 0. The van der Waals surface area contributed by atoms with Crippen LogP contribution in [0, 0.1) is 0 Å². The van der Waals surface area contributed by atoms with E-state index in [1.54, 1.807) is 0 Å². The summed E-state index contributed by atoms with van der Waals surface area (Å²) < 4.78 is 77.4. The average Bonchev–Trinajstić information content (AvgIpc) is 2.48. The minimum absolute atomic E-state index is 0.103. The van der Waals surface area contributed by atoms with Crippen LogP contribution in [-0.2, 0) is 4.74 Å². The summed E-state index contributed by atoms with van der Waals surface area (Å²) in [6.07, 6.45) is -1.34. The third-order valence-corrected chi connectivity index (χ3v) is 1.92. The molecular weight excluding hydrogens is 228 g/mol. The topological polar surface area (TPSA) is 55.6 Å². The molecule has 1 amide bonds. The van der Waals surface area contributed by atoms with E-state index in [9.17, 15) is 4.79 Å².